The second kappa shape index (κ2) is 4.90. The van der Waals surface area contributed by atoms with Gasteiger partial charge in [0.05, 0.1) is 10.6 Å². The second-order valence-corrected chi connectivity index (χ2v) is 8.06. The number of carbonyl (C=O) groups is 1. The lowest BCUT2D eigenvalue weighted by atomic mass is 9.69. The van der Waals surface area contributed by atoms with Crippen LogP contribution in [0.3, 0.4) is 0 Å². The third-order valence-corrected chi connectivity index (χ3v) is 6.83. The molecule has 2 bridgehead atoms. The largest absolute Gasteiger partial charge is 0.294 e. The number of nitrogens with one attached hydrogen (secondary N) is 1. The van der Waals surface area contributed by atoms with Crippen molar-refractivity contribution in [1.29, 1.82) is 0 Å². The number of ketones is 1. The summed E-state index contributed by atoms with van der Waals surface area (Å²) >= 11 is 1.39. The molecule has 2 fully saturated rings. The number of rotatable bonds is 3. The third-order valence-electron chi connectivity index (χ3n) is 5.66. The Morgan fingerprint density at radius 3 is 2.71 bits per heavy atom. The van der Waals surface area contributed by atoms with Gasteiger partial charge in [0.25, 0.3) is 0 Å². The van der Waals surface area contributed by atoms with Crippen LogP contribution in [0.2, 0.25) is 0 Å². The van der Waals surface area contributed by atoms with E-state index in [4.69, 9.17) is 0 Å². The molecular weight excluding hydrogens is 282 g/mol. The average Bonchev–Trinajstić information content (AvgIpc) is 3.03. The standard InChI is InChI=1S/C16H23N3OS/c1-8-12-6-11(16(8,4)5)7-13(12)18-19-15-17-9(2)14(21-15)10(3)20/h8,11-12H,6-7H2,1-5H3,(H,17,19)/t8-,11-,12+/m1/s1. The number of hydrogen-bond donors (Lipinski definition) is 1. The van der Waals surface area contributed by atoms with Crippen molar-refractivity contribution in [2.45, 2.75) is 47.5 Å². The van der Waals surface area contributed by atoms with Crippen LogP contribution in [0, 0.1) is 30.1 Å². The summed E-state index contributed by atoms with van der Waals surface area (Å²) in [6.45, 7) is 10.6. The van der Waals surface area contributed by atoms with Crippen molar-refractivity contribution in [1.82, 2.24) is 4.98 Å². The van der Waals surface area contributed by atoms with E-state index in [1.165, 1.54) is 23.5 Å². The number of thiazole rings is 1. The molecule has 2 saturated carbocycles. The number of hydrazone groups is 1. The fourth-order valence-corrected chi connectivity index (χ4v) is 4.70. The van der Waals surface area contributed by atoms with E-state index in [0.29, 0.717) is 17.3 Å². The zero-order chi connectivity index (χ0) is 15.4. The Kier molecular flexibility index (Phi) is 3.43. The zero-order valence-corrected chi connectivity index (χ0v) is 14.2. The Balaban J connectivity index is 1.74. The monoisotopic (exact) mass is 305 g/mol. The van der Waals surface area contributed by atoms with Crippen LogP contribution in [-0.2, 0) is 0 Å². The van der Waals surface area contributed by atoms with Gasteiger partial charge in [0.2, 0.25) is 5.13 Å². The summed E-state index contributed by atoms with van der Waals surface area (Å²) < 4.78 is 0. The molecule has 0 aliphatic heterocycles. The van der Waals surface area contributed by atoms with Gasteiger partial charge >= 0.3 is 0 Å². The van der Waals surface area contributed by atoms with E-state index >= 15 is 0 Å². The highest BCUT2D eigenvalue weighted by Gasteiger charge is 2.53. The van der Waals surface area contributed by atoms with Crippen molar-refractivity contribution in [3.05, 3.63) is 10.6 Å². The smallest absolute Gasteiger partial charge is 0.204 e. The van der Waals surface area contributed by atoms with Crippen molar-refractivity contribution in [2.24, 2.45) is 28.3 Å². The Morgan fingerprint density at radius 2 is 2.19 bits per heavy atom. The van der Waals surface area contributed by atoms with Crippen LogP contribution in [0.15, 0.2) is 5.10 Å². The molecule has 1 aromatic rings. The minimum Gasteiger partial charge on any atom is -0.294 e. The second-order valence-electron chi connectivity index (χ2n) is 7.06. The van der Waals surface area contributed by atoms with Crippen molar-refractivity contribution in [3.8, 4) is 0 Å². The fourth-order valence-electron chi connectivity index (χ4n) is 3.90. The van der Waals surface area contributed by atoms with E-state index in [-0.39, 0.29) is 5.78 Å². The number of Topliss-reactive ketones (excluding diaryl/α,β-unsaturated/α-hetero) is 1. The third kappa shape index (κ3) is 2.31. The Bertz CT molecular complexity index is 613. The molecule has 2 aliphatic carbocycles. The average molecular weight is 305 g/mol. The van der Waals surface area contributed by atoms with Gasteiger partial charge in [-0.2, -0.15) is 5.10 Å². The van der Waals surface area contributed by atoms with Gasteiger partial charge in [-0.1, -0.05) is 32.1 Å². The lowest BCUT2D eigenvalue weighted by molar-refractivity contribution is 0.102. The maximum Gasteiger partial charge on any atom is 0.204 e. The van der Waals surface area contributed by atoms with E-state index in [0.717, 1.165) is 28.0 Å². The first-order valence-corrected chi connectivity index (χ1v) is 8.43. The van der Waals surface area contributed by atoms with Crippen molar-refractivity contribution in [3.63, 3.8) is 0 Å². The van der Waals surface area contributed by atoms with Crippen LogP contribution in [0.1, 0.15) is 55.9 Å². The van der Waals surface area contributed by atoms with Gasteiger partial charge in [-0.15, -0.1) is 0 Å². The van der Waals surface area contributed by atoms with Crippen molar-refractivity contribution in [2.75, 3.05) is 5.43 Å². The topological polar surface area (TPSA) is 54.4 Å². The number of aromatic nitrogens is 1. The number of nitrogens with zero attached hydrogens (tertiary/aromatic N) is 2. The molecule has 0 unspecified atom stereocenters. The van der Waals surface area contributed by atoms with Crippen molar-refractivity contribution < 1.29 is 4.79 Å². The predicted molar refractivity (Wildman–Crippen MR) is 87.1 cm³/mol. The molecule has 1 N–H and O–H groups in total. The first-order chi connectivity index (χ1) is 9.80. The SMILES string of the molecule is CC(=O)c1sc(NN=C2C[C@H]3C[C@H]2[C@@H](C)C3(C)C)nc1C. The summed E-state index contributed by atoms with van der Waals surface area (Å²) in [5, 5.41) is 5.33. The van der Waals surface area contributed by atoms with E-state index in [9.17, 15) is 4.79 Å². The maximum absolute atomic E-state index is 11.5. The van der Waals surface area contributed by atoms with Gasteiger partial charge in [0.1, 0.15) is 0 Å². The molecule has 2 aliphatic rings. The summed E-state index contributed by atoms with van der Waals surface area (Å²) in [6.07, 6.45) is 2.36. The number of fused-ring (bicyclic) bond motifs is 2. The van der Waals surface area contributed by atoms with Crippen LogP contribution < -0.4 is 5.43 Å². The van der Waals surface area contributed by atoms with Crippen LogP contribution in [0.4, 0.5) is 5.13 Å². The zero-order valence-electron chi connectivity index (χ0n) is 13.4. The molecule has 0 spiro atoms. The fraction of sp³-hybridized carbons (Fsp3) is 0.688. The van der Waals surface area contributed by atoms with Crippen LogP contribution >= 0.6 is 11.3 Å². The molecule has 3 atom stereocenters. The van der Waals surface area contributed by atoms with Gasteiger partial charge in [-0.05, 0) is 37.0 Å². The number of anilines is 1. The molecule has 1 heterocycles. The Morgan fingerprint density at radius 1 is 1.48 bits per heavy atom. The molecule has 0 aromatic carbocycles. The first-order valence-electron chi connectivity index (χ1n) is 7.61. The highest BCUT2D eigenvalue weighted by atomic mass is 32.1. The van der Waals surface area contributed by atoms with E-state index in [1.807, 2.05) is 6.92 Å². The van der Waals surface area contributed by atoms with Crippen molar-refractivity contribution >= 4 is 28.0 Å². The maximum atomic E-state index is 11.5. The lowest BCUT2D eigenvalue weighted by Gasteiger charge is -2.36. The summed E-state index contributed by atoms with van der Waals surface area (Å²) in [7, 11) is 0. The van der Waals surface area contributed by atoms with Gasteiger partial charge in [-0.3, -0.25) is 10.2 Å². The first kappa shape index (κ1) is 14.7. The number of aryl methyl sites for hydroxylation is 1. The molecule has 5 heteroatoms. The predicted octanol–water partition coefficient (Wildman–Crippen LogP) is 4.12. The Hall–Kier alpha value is -1.23. The van der Waals surface area contributed by atoms with Gasteiger partial charge in [0, 0.05) is 18.6 Å². The quantitative estimate of drug-likeness (QED) is 0.675. The molecule has 0 amide bonds. The molecule has 0 radical (unpaired) electrons. The van der Waals surface area contributed by atoms with Crippen LogP contribution in [0.25, 0.3) is 0 Å². The summed E-state index contributed by atoms with van der Waals surface area (Å²) in [4.78, 5) is 16.6. The summed E-state index contributed by atoms with van der Waals surface area (Å²) in [5.41, 5.74) is 5.58. The molecule has 4 nitrogen and oxygen atoms in total. The summed E-state index contributed by atoms with van der Waals surface area (Å²) in [6, 6.07) is 0. The normalized spacial score (nSPS) is 31.9. The lowest BCUT2D eigenvalue weighted by Crippen LogP contribution is -2.33. The van der Waals surface area contributed by atoms with Gasteiger partial charge in [0.15, 0.2) is 5.78 Å². The van der Waals surface area contributed by atoms with Crippen LogP contribution in [0.5, 0.6) is 0 Å². The molecule has 114 valence electrons. The number of hydrogen-bond acceptors (Lipinski definition) is 5. The molecule has 21 heavy (non-hydrogen) atoms. The highest BCUT2D eigenvalue weighted by molar-refractivity contribution is 7.17. The summed E-state index contributed by atoms with van der Waals surface area (Å²) in [5.74, 6) is 2.11. The van der Waals surface area contributed by atoms with Gasteiger partial charge < -0.3 is 0 Å². The minimum atomic E-state index is 0.0704. The van der Waals surface area contributed by atoms with E-state index < -0.39 is 0 Å². The number of carbonyl (C=O) groups excluding carboxylic acids is 1. The van der Waals surface area contributed by atoms with E-state index in [2.05, 4.69) is 36.3 Å². The molecular formula is C16H23N3OS. The minimum absolute atomic E-state index is 0.0704. The molecule has 3 rings (SSSR count). The Labute approximate surface area is 130 Å². The highest BCUT2D eigenvalue weighted by Crippen LogP contribution is 2.57. The van der Waals surface area contributed by atoms with E-state index in [1.54, 1.807) is 6.92 Å². The molecule has 0 saturated heterocycles. The van der Waals surface area contributed by atoms with Crippen LogP contribution in [-0.4, -0.2) is 16.5 Å². The van der Waals surface area contributed by atoms with Gasteiger partial charge in [-0.25, -0.2) is 4.98 Å². The molecule has 1 aromatic heterocycles.